The van der Waals surface area contributed by atoms with Gasteiger partial charge >= 0.3 is 5.97 Å². The number of nitrogens with two attached hydrogens (primary N) is 1. The number of anilines is 1. The topological polar surface area (TPSA) is 110 Å². The van der Waals surface area contributed by atoms with Gasteiger partial charge in [-0.15, -0.1) is 0 Å². The van der Waals surface area contributed by atoms with E-state index in [-0.39, 0.29) is 16.9 Å². The number of carbonyl (C=O) groups excluding carboxylic acids is 1. The molecule has 0 saturated heterocycles. The summed E-state index contributed by atoms with van der Waals surface area (Å²) in [5, 5.41) is 17.2. The number of methoxy groups -OCH3 is 1. The van der Waals surface area contributed by atoms with Gasteiger partial charge in [0.15, 0.2) is 5.69 Å². The number of aromatic amines is 1. The summed E-state index contributed by atoms with van der Waals surface area (Å²) < 4.78 is 7.23. The van der Waals surface area contributed by atoms with Crippen molar-refractivity contribution in [2.24, 2.45) is 0 Å². The Balaban J connectivity index is 2.25. The minimum atomic E-state index is -0.601. The van der Waals surface area contributed by atoms with E-state index in [0.29, 0.717) is 5.69 Å². The number of nitrogens with zero attached hydrogens (tertiary/aromatic N) is 3. The average molecular weight is 407 g/mol. The van der Waals surface area contributed by atoms with E-state index in [9.17, 15) is 4.79 Å². The summed E-state index contributed by atoms with van der Waals surface area (Å²) in [6, 6.07) is 7.49. The molecule has 1 aromatic carbocycles. The van der Waals surface area contributed by atoms with Crippen LogP contribution in [0.15, 0.2) is 24.4 Å². The zero-order valence-electron chi connectivity index (χ0n) is 11.4. The molecular weight excluding hydrogens is 397 g/mol. The molecule has 3 rings (SSSR count). The molecule has 22 heavy (non-hydrogen) atoms. The standard InChI is InChI=1S/C14H10IN5O2/c1-22-14(21)12-11(17)7(5-16)6-20(12)8-2-3-9-10(4-8)18-19-13(9)15/h2-4,6H,17H2,1H3,(H,18,19). The highest BCUT2D eigenvalue weighted by molar-refractivity contribution is 14.1. The van der Waals surface area contributed by atoms with Crippen LogP contribution in [0.3, 0.4) is 0 Å². The fourth-order valence-corrected chi connectivity index (χ4v) is 2.81. The van der Waals surface area contributed by atoms with E-state index in [0.717, 1.165) is 14.6 Å². The number of rotatable bonds is 2. The van der Waals surface area contributed by atoms with Crippen LogP contribution in [0.2, 0.25) is 0 Å². The van der Waals surface area contributed by atoms with Gasteiger partial charge in [0.05, 0.1) is 23.9 Å². The van der Waals surface area contributed by atoms with E-state index < -0.39 is 5.97 Å². The fraction of sp³-hybridized carbons (Fsp3) is 0.0714. The van der Waals surface area contributed by atoms with Crippen LogP contribution in [-0.2, 0) is 4.74 Å². The number of carbonyl (C=O) groups is 1. The third kappa shape index (κ3) is 2.10. The second-order valence-corrected chi connectivity index (χ2v) is 5.60. The molecule has 0 saturated carbocycles. The van der Waals surface area contributed by atoms with Crippen molar-refractivity contribution >= 4 is 45.2 Å². The summed E-state index contributed by atoms with van der Waals surface area (Å²) in [6.07, 6.45) is 1.51. The van der Waals surface area contributed by atoms with Gasteiger partial charge in [-0.1, -0.05) is 0 Å². The van der Waals surface area contributed by atoms with Crippen molar-refractivity contribution in [3.63, 3.8) is 0 Å². The van der Waals surface area contributed by atoms with Crippen LogP contribution < -0.4 is 5.73 Å². The number of H-pyrrole nitrogens is 1. The Morgan fingerprint density at radius 2 is 2.32 bits per heavy atom. The number of hydrogen-bond donors (Lipinski definition) is 2. The molecule has 0 fully saturated rings. The van der Waals surface area contributed by atoms with Crippen LogP contribution in [0.1, 0.15) is 16.1 Å². The molecule has 0 aliphatic heterocycles. The monoisotopic (exact) mass is 407 g/mol. The number of esters is 1. The first kappa shape index (κ1) is 14.4. The molecule has 0 bridgehead atoms. The Bertz CT molecular complexity index is 935. The van der Waals surface area contributed by atoms with Crippen molar-refractivity contribution < 1.29 is 9.53 Å². The molecule has 2 aromatic heterocycles. The predicted octanol–water partition coefficient (Wildman–Crippen LogP) is 2.20. The number of aromatic nitrogens is 3. The van der Waals surface area contributed by atoms with E-state index in [4.69, 9.17) is 15.7 Å². The third-order valence-corrected chi connectivity index (χ3v) is 4.14. The SMILES string of the molecule is COC(=O)c1c(N)c(C#N)cn1-c1ccc2c(I)[nH]nc2c1. The van der Waals surface area contributed by atoms with E-state index in [1.807, 2.05) is 18.2 Å². The fourth-order valence-electron chi connectivity index (χ4n) is 2.24. The number of nitriles is 1. The molecule has 8 heteroatoms. The van der Waals surface area contributed by atoms with Crippen LogP contribution in [0.4, 0.5) is 5.69 Å². The Morgan fingerprint density at radius 3 is 3.00 bits per heavy atom. The molecule has 0 spiro atoms. The molecule has 110 valence electrons. The minimum absolute atomic E-state index is 0.103. The number of benzene rings is 1. The molecule has 0 unspecified atom stereocenters. The summed E-state index contributed by atoms with van der Waals surface area (Å²) in [7, 11) is 1.27. The van der Waals surface area contributed by atoms with Gasteiger partial charge in [0.25, 0.3) is 0 Å². The van der Waals surface area contributed by atoms with Crippen LogP contribution in [-0.4, -0.2) is 27.8 Å². The lowest BCUT2D eigenvalue weighted by molar-refractivity contribution is 0.0593. The van der Waals surface area contributed by atoms with Crippen LogP contribution in [0.5, 0.6) is 0 Å². The number of nitrogens with one attached hydrogen (secondary N) is 1. The molecule has 0 amide bonds. The van der Waals surface area contributed by atoms with Gasteiger partial charge in [0.2, 0.25) is 0 Å². The van der Waals surface area contributed by atoms with Crippen molar-refractivity contribution in [3.8, 4) is 11.8 Å². The second-order valence-electron chi connectivity index (χ2n) is 4.52. The van der Waals surface area contributed by atoms with Gasteiger partial charge in [-0.05, 0) is 40.8 Å². The van der Waals surface area contributed by atoms with Gasteiger partial charge < -0.3 is 15.0 Å². The summed E-state index contributed by atoms with van der Waals surface area (Å²) in [6.45, 7) is 0. The molecule has 0 aliphatic carbocycles. The smallest absolute Gasteiger partial charge is 0.357 e. The van der Waals surface area contributed by atoms with Crippen molar-refractivity contribution in [1.82, 2.24) is 14.8 Å². The lowest BCUT2D eigenvalue weighted by Crippen LogP contribution is -2.11. The molecule has 7 nitrogen and oxygen atoms in total. The Labute approximate surface area is 138 Å². The maximum atomic E-state index is 12.0. The Kier molecular flexibility index (Phi) is 3.50. The predicted molar refractivity (Wildman–Crippen MR) is 88.6 cm³/mol. The highest BCUT2D eigenvalue weighted by Gasteiger charge is 2.22. The first-order valence-corrected chi connectivity index (χ1v) is 7.28. The highest BCUT2D eigenvalue weighted by atomic mass is 127. The largest absolute Gasteiger partial charge is 0.464 e. The zero-order chi connectivity index (χ0) is 15.9. The first-order valence-electron chi connectivity index (χ1n) is 6.20. The number of nitrogen functional groups attached to an aromatic ring is 1. The second kappa shape index (κ2) is 5.34. The minimum Gasteiger partial charge on any atom is -0.464 e. The summed E-state index contributed by atoms with van der Waals surface area (Å²) in [5.41, 5.74) is 7.75. The van der Waals surface area contributed by atoms with Gasteiger partial charge in [0, 0.05) is 17.3 Å². The molecule has 0 atom stereocenters. The molecular formula is C14H10IN5O2. The van der Waals surface area contributed by atoms with E-state index in [2.05, 4.69) is 32.8 Å². The maximum Gasteiger partial charge on any atom is 0.357 e. The van der Waals surface area contributed by atoms with E-state index in [1.54, 1.807) is 10.6 Å². The van der Waals surface area contributed by atoms with Crippen LogP contribution in [0, 0.1) is 15.0 Å². The average Bonchev–Trinajstić information content (AvgIpc) is 3.07. The van der Waals surface area contributed by atoms with Crippen molar-refractivity contribution in [3.05, 3.63) is 39.4 Å². The number of ether oxygens (including phenoxy) is 1. The quantitative estimate of drug-likeness (QED) is 0.500. The van der Waals surface area contributed by atoms with Crippen molar-refractivity contribution in [1.29, 1.82) is 5.26 Å². The molecule has 3 N–H and O–H groups in total. The molecule has 3 aromatic rings. The molecule has 0 aliphatic rings. The summed E-state index contributed by atoms with van der Waals surface area (Å²) >= 11 is 2.16. The zero-order valence-corrected chi connectivity index (χ0v) is 13.6. The Morgan fingerprint density at radius 1 is 1.55 bits per heavy atom. The normalized spacial score (nSPS) is 10.6. The Hall–Kier alpha value is -2.54. The lowest BCUT2D eigenvalue weighted by atomic mass is 10.2. The van der Waals surface area contributed by atoms with E-state index >= 15 is 0 Å². The van der Waals surface area contributed by atoms with Crippen LogP contribution >= 0.6 is 22.6 Å². The third-order valence-electron chi connectivity index (χ3n) is 3.31. The van der Waals surface area contributed by atoms with Crippen molar-refractivity contribution in [2.45, 2.75) is 0 Å². The molecule has 2 heterocycles. The van der Waals surface area contributed by atoms with Gasteiger partial charge in [-0.25, -0.2) is 4.79 Å². The first-order chi connectivity index (χ1) is 10.6. The van der Waals surface area contributed by atoms with Gasteiger partial charge in [-0.2, -0.15) is 10.4 Å². The van der Waals surface area contributed by atoms with Gasteiger partial charge in [-0.3, -0.25) is 5.10 Å². The van der Waals surface area contributed by atoms with Crippen molar-refractivity contribution in [2.75, 3.05) is 12.8 Å². The number of fused-ring (bicyclic) bond motifs is 1. The lowest BCUT2D eigenvalue weighted by Gasteiger charge is -2.08. The van der Waals surface area contributed by atoms with Gasteiger partial charge in [0.1, 0.15) is 9.77 Å². The molecule has 0 radical (unpaired) electrons. The number of hydrogen-bond acceptors (Lipinski definition) is 5. The number of halogens is 1. The van der Waals surface area contributed by atoms with E-state index in [1.165, 1.54) is 13.3 Å². The van der Waals surface area contributed by atoms with Crippen LogP contribution in [0.25, 0.3) is 16.6 Å². The highest BCUT2D eigenvalue weighted by Crippen LogP contribution is 2.27. The maximum absolute atomic E-state index is 12.0. The summed E-state index contributed by atoms with van der Waals surface area (Å²) in [5.74, 6) is -0.601. The summed E-state index contributed by atoms with van der Waals surface area (Å²) in [4.78, 5) is 12.0.